The maximum absolute atomic E-state index is 12.7. The number of hydrogen-bond donors (Lipinski definition) is 1. The Balaban J connectivity index is 1.65. The monoisotopic (exact) mass is 460 g/mol. The third-order valence-electron chi connectivity index (χ3n) is 4.59. The fourth-order valence-corrected chi connectivity index (χ4v) is 3.94. The number of hydrogen-bond acceptors (Lipinski definition) is 7. The summed E-state index contributed by atoms with van der Waals surface area (Å²) in [6.07, 6.45) is 0.845. The average molecular weight is 461 g/mol. The Labute approximate surface area is 185 Å². The second-order valence-corrected chi connectivity index (χ2v) is 10.00. The summed E-state index contributed by atoms with van der Waals surface area (Å²) >= 11 is 1.29. The summed E-state index contributed by atoms with van der Waals surface area (Å²) < 4.78 is 30.3. The molecule has 0 saturated carbocycles. The van der Waals surface area contributed by atoms with Gasteiger partial charge >= 0.3 is 0 Å². The first kappa shape index (κ1) is 22.7. The second-order valence-electron chi connectivity index (χ2n) is 7.01. The number of aryl methyl sites for hydroxylation is 1. The number of benzene rings is 2. The number of carbonyl (C=O) groups excluding carboxylic acids is 1. The van der Waals surface area contributed by atoms with Crippen molar-refractivity contribution in [3.63, 3.8) is 0 Å². The van der Waals surface area contributed by atoms with Gasteiger partial charge in [0.2, 0.25) is 15.2 Å². The van der Waals surface area contributed by atoms with Crippen molar-refractivity contribution in [2.45, 2.75) is 26.4 Å². The first-order chi connectivity index (χ1) is 14.7. The van der Waals surface area contributed by atoms with Gasteiger partial charge in [0.1, 0.15) is 10.8 Å². The van der Waals surface area contributed by atoms with Crippen LogP contribution in [-0.2, 0) is 14.8 Å². The van der Waals surface area contributed by atoms with E-state index in [4.69, 9.17) is 4.74 Å². The molecule has 0 bridgehead atoms. The van der Waals surface area contributed by atoms with Crippen LogP contribution in [0.1, 0.15) is 18.9 Å². The van der Waals surface area contributed by atoms with Crippen LogP contribution in [-0.4, -0.2) is 43.9 Å². The molecule has 0 aliphatic carbocycles. The zero-order chi connectivity index (χ0) is 22.6. The third kappa shape index (κ3) is 5.80. The van der Waals surface area contributed by atoms with Crippen LogP contribution >= 0.6 is 11.3 Å². The van der Waals surface area contributed by atoms with Crippen LogP contribution in [0, 0.1) is 6.92 Å². The van der Waals surface area contributed by atoms with E-state index in [1.165, 1.54) is 22.7 Å². The zero-order valence-electron chi connectivity index (χ0n) is 17.7. The van der Waals surface area contributed by atoms with Crippen LogP contribution in [0.4, 0.5) is 10.8 Å². The van der Waals surface area contributed by atoms with Crippen molar-refractivity contribution in [1.29, 1.82) is 0 Å². The van der Waals surface area contributed by atoms with Crippen molar-refractivity contribution >= 4 is 38.1 Å². The molecule has 0 saturated heterocycles. The van der Waals surface area contributed by atoms with Crippen molar-refractivity contribution in [2.24, 2.45) is 0 Å². The molecule has 1 amide bonds. The smallest absolute Gasteiger partial charge is 0.267 e. The van der Waals surface area contributed by atoms with E-state index in [2.05, 4.69) is 15.5 Å². The highest BCUT2D eigenvalue weighted by molar-refractivity contribution is 7.92. The van der Waals surface area contributed by atoms with Gasteiger partial charge in [-0.05, 0) is 37.6 Å². The molecule has 1 heterocycles. The van der Waals surface area contributed by atoms with Gasteiger partial charge in [-0.25, -0.2) is 8.42 Å². The van der Waals surface area contributed by atoms with Crippen LogP contribution in [0.15, 0.2) is 48.5 Å². The number of sulfonamides is 1. The van der Waals surface area contributed by atoms with Crippen molar-refractivity contribution in [2.75, 3.05) is 22.9 Å². The molecule has 1 N–H and O–H groups in total. The topological polar surface area (TPSA) is 101 Å². The molecule has 2 aromatic carbocycles. The predicted octanol–water partition coefficient (Wildman–Crippen LogP) is 3.71. The molecule has 8 nitrogen and oxygen atoms in total. The van der Waals surface area contributed by atoms with Gasteiger partial charge in [0.25, 0.3) is 5.91 Å². The molecule has 0 unspecified atom stereocenters. The van der Waals surface area contributed by atoms with Gasteiger partial charge in [-0.1, -0.05) is 48.1 Å². The SMILES string of the molecule is CC[C@H](Oc1ccc(N(C)S(C)(=O)=O)cc1)C(=O)Nc1nnc(-c2ccc(C)cc2)s1. The van der Waals surface area contributed by atoms with Gasteiger partial charge in [-0.15, -0.1) is 10.2 Å². The summed E-state index contributed by atoms with van der Waals surface area (Å²) in [5.74, 6) is 0.136. The standard InChI is InChI=1S/C21H24N4O4S2/c1-5-18(29-17-12-10-16(11-13-17)25(3)31(4,27)28)19(26)22-21-24-23-20(30-21)15-8-6-14(2)7-9-15/h6-13,18H,5H2,1-4H3,(H,22,24,26)/t18-/m0/s1. The summed E-state index contributed by atoms with van der Waals surface area (Å²) in [4.78, 5) is 12.7. The normalized spacial score (nSPS) is 12.3. The van der Waals surface area contributed by atoms with Crippen LogP contribution in [0.3, 0.4) is 0 Å². The van der Waals surface area contributed by atoms with E-state index in [1.807, 2.05) is 38.1 Å². The predicted molar refractivity (Wildman–Crippen MR) is 123 cm³/mol. The molecule has 3 aromatic rings. The number of nitrogens with zero attached hydrogens (tertiary/aromatic N) is 3. The van der Waals surface area contributed by atoms with E-state index in [-0.39, 0.29) is 5.91 Å². The molecule has 31 heavy (non-hydrogen) atoms. The van der Waals surface area contributed by atoms with Crippen molar-refractivity contribution in [3.05, 3.63) is 54.1 Å². The number of aromatic nitrogens is 2. The summed E-state index contributed by atoms with van der Waals surface area (Å²) in [5.41, 5.74) is 2.59. The lowest BCUT2D eigenvalue weighted by Crippen LogP contribution is -2.32. The van der Waals surface area contributed by atoms with Crippen molar-refractivity contribution < 1.29 is 17.9 Å². The molecule has 0 fully saturated rings. The quantitative estimate of drug-likeness (QED) is 0.550. The fourth-order valence-electron chi connectivity index (χ4n) is 2.69. The Morgan fingerprint density at radius 1 is 1.13 bits per heavy atom. The van der Waals surface area contributed by atoms with Gasteiger partial charge < -0.3 is 4.74 Å². The van der Waals surface area contributed by atoms with Crippen LogP contribution < -0.4 is 14.4 Å². The Hall–Kier alpha value is -2.98. The average Bonchev–Trinajstić information content (AvgIpc) is 3.20. The zero-order valence-corrected chi connectivity index (χ0v) is 19.3. The van der Waals surface area contributed by atoms with E-state index >= 15 is 0 Å². The maximum atomic E-state index is 12.7. The first-order valence-electron chi connectivity index (χ1n) is 9.59. The van der Waals surface area contributed by atoms with Crippen LogP contribution in [0.25, 0.3) is 10.6 Å². The van der Waals surface area contributed by atoms with Gasteiger partial charge in [0.05, 0.1) is 11.9 Å². The molecule has 0 aliphatic heterocycles. The fraction of sp³-hybridized carbons (Fsp3) is 0.286. The van der Waals surface area contributed by atoms with E-state index in [0.717, 1.165) is 22.4 Å². The highest BCUT2D eigenvalue weighted by atomic mass is 32.2. The van der Waals surface area contributed by atoms with Crippen molar-refractivity contribution in [1.82, 2.24) is 10.2 Å². The van der Waals surface area contributed by atoms with E-state index in [9.17, 15) is 13.2 Å². The molecular formula is C21H24N4O4S2. The lowest BCUT2D eigenvalue weighted by Gasteiger charge is -2.19. The number of rotatable bonds is 8. The van der Waals surface area contributed by atoms with Gasteiger partial charge in [-0.3, -0.25) is 14.4 Å². The second kappa shape index (κ2) is 9.44. The molecule has 0 aliphatic rings. The number of amides is 1. The summed E-state index contributed by atoms with van der Waals surface area (Å²) in [6.45, 7) is 3.85. The minimum atomic E-state index is -3.35. The summed E-state index contributed by atoms with van der Waals surface area (Å²) in [7, 11) is -1.88. The van der Waals surface area contributed by atoms with E-state index in [0.29, 0.717) is 23.0 Å². The minimum Gasteiger partial charge on any atom is -0.481 e. The Kier molecular flexibility index (Phi) is 6.91. The van der Waals surface area contributed by atoms with Gasteiger partial charge in [-0.2, -0.15) is 0 Å². The lowest BCUT2D eigenvalue weighted by atomic mass is 10.2. The molecule has 0 radical (unpaired) electrons. The minimum absolute atomic E-state index is 0.327. The maximum Gasteiger partial charge on any atom is 0.267 e. The molecule has 1 atom stereocenters. The third-order valence-corrected chi connectivity index (χ3v) is 6.69. The Bertz CT molecular complexity index is 1140. The summed E-state index contributed by atoms with van der Waals surface area (Å²) in [5, 5.41) is 12.1. The van der Waals surface area contributed by atoms with Crippen LogP contribution in [0.2, 0.25) is 0 Å². The highest BCUT2D eigenvalue weighted by Gasteiger charge is 2.21. The molecule has 164 valence electrons. The molecule has 3 rings (SSSR count). The first-order valence-corrected chi connectivity index (χ1v) is 12.3. The van der Waals surface area contributed by atoms with Gasteiger partial charge in [0.15, 0.2) is 6.10 Å². The number of nitrogens with one attached hydrogen (secondary N) is 1. The number of carbonyl (C=O) groups is 1. The van der Waals surface area contributed by atoms with Gasteiger partial charge in [0, 0.05) is 12.6 Å². The van der Waals surface area contributed by atoms with E-state index in [1.54, 1.807) is 24.3 Å². The molecule has 1 aromatic heterocycles. The highest BCUT2D eigenvalue weighted by Crippen LogP contribution is 2.27. The Morgan fingerprint density at radius 2 is 1.77 bits per heavy atom. The van der Waals surface area contributed by atoms with Crippen molar-refractivity contribution in [3.8, 4) is 16.3 Å². The Morgan fingerprint density at radius 3 is 2.35 bits per heavy atom. The largest absolute Gasteiger partial charge is 0.481 e. The molecule has 10 heteroatoms. The lowest BCUT2D eigenvalue weighted by molar-refractivity contribution is -0.122. The summed E-state index contributed by atoms with van der Waals surface area (Å²) in [6, 6.07) is 14.4. The van der Waals surface area contributed by atoms with E-state index < -0.39 is 16.1 Å². The number of ether oxygens (including phenoxy) is 1. The molecule has 0 spiro atoms. The van der Waals surface area contributed by atoms with Crippen LogP contribution in [0.5, 0.6) is 5.75 Å². The number of anilines is 2. The molecular weight excluding hydrogens is 436 g/mol.